The molecule has 1 fully saturated rings. The average molecular weight is 333 g/mol. The number of halogens is 1. The number of hydrogen-bond acceptors (Lipinski definition) is 3. The zero-order valence-corrected chi connectivity index (χ0v) is 13.9. The third-order valence-corrected chi connectivity index (χ3v) is 5.94. The van der Waals surface area contributed by atoms with Crippen molar-refractivity contribution in [2.45, 2.75) is 5.92 Å². The minimum absolute atomic E-state index is 0.0419. The zero-order chi connectivity index (χ0) is 15.3. The quantitative estimate of drug-likeness (QED) is 0.867. The van der Waals surface area contributed by atoms with E-state index in [1.807, 2.05) is 17.5 Å². The number of thiophene rings is 1. The SMILES string of the molecule is CN1CC2CNC(=O)c3cc(-c4ccsc4Cl)ccc3C2C1. The molecule has 1 aromatic heterocycles. The summed E-state index contributed by atoms with van der Waals surface area (Å²) in [5.41, 5.74) is 4.01. The fraction of sp³-hybridized carbons (Fsp3) is 0.353. The Kier molecular flexibility index (Phi) is 3.48. The predicted molar refractivity (Wildman–Crippen MR) is 90.8 cm³/mol. The highest BCUT2D eigenvalue weighted by Crippen LogP contribution is 2.39. The molecule has 114 valence electrons. The summed E-state index contributed by atoms with van der Waals surface area (Å²) in [6, 6.07) is 8.23. The van der Waals surface area contributed by atoms with Gasteiger partial charge in [-0.2, -0.15) is 0 Å². The van der Waals surface area contributed by atoms with E-state index in [2.05, 4.69) is 29.4 Å². The number of fused-ring (bicyclic) bond motifs is 3. The summed E-state index contributed by atoms with van der Waals surface area (Å²) in [7, 11) is 2.15. The highest BCUT2D eigenvalue weighted by Gasteiger charge is 2.36. The molecule has 5 heteroatoms. The van der Waals surface area contributed by atoms with Crippen LogP contribution in [0.2, 0.25) is 4.34 Å². The van der Waals surface area contributed by atoms with Crippen LogP contribution in [0, 0.1) is 5.92 Å². The first-order valence-electron chi connectivity index (χ1n) is 7.47. The molecule has 2 aromatic rings. The second-order valence-corrected chi connectivity index (χ2v) is 7.73. The summed E-state index contributed by atoms with van der Waals surface area (Å²) >= 11 is 7.76. The smallest absolute Gasteiger partial charge is 0.251 e. The third-order valence-electron chi connectivity index (χ3n) is 4.77. The van der Waals surface area contributed by atoms with Crippen LogP contribution in [0.5, 0.6) is 0 Å². The molecule has 1 N–H and O–H groups in total. The maximum absolute atomic E-state index is 12.5. The number of hydrogen-bond donors (Lipinski definition) is 1. The Morgan fingerprint density at radius 2 is 2.14 bits per heavy atom. The first-order valence-corrected chi connectivity index (χ1v) is 8.73. The molecule has 2 atom stereocenters. The number of likely N-dealkylation sites (tertiary alicyclic amines) is 1. The van der Waals surface area contributed by atoms with Crippen LogP contribution in [0.15, 0.2) is 29.6 Å². The maximum Gasteiger partial charge on any atom is 0.251 e. The van der Waals surface area contributed by atoms with Gasteiger partial charge >= 0.3 is 0 Å². The Morgan fingerprint density at radius 3 is 2.91 bits per heavy atom. The lowest BCUT2D eigenvalue weighted by atomic mass is 9.86. The van der Waals surface area contributed by atoms with Crippen LogP contribution in [0.25, 0.3) is 11.1 Å². The Hall–Kier alpha value is -1.36. The number of carbonyl (C=O) groups excluding carboxylic acids is 1. The van der Waals surface area contributed by atoms with Crippen molar-refractivity contribution in [3.8, 4) is 11.1 Å². The van der Waals surface area contributed by atoms with Gasteiger partial charge in [0.05, 0.1) is 0 Å². The van der Waals surface area contributed by atoms with Crippen LogP contribution in [0.1, 0.15) is 21.8 Å². The molecule has 0 spiro atoms. The lowest BCUT2D eigenvalue weighted by Crippen LogP contribution is -2.29. The Balaban J connectivity index is 1.82. The van der Waals surface area contributed by atoms with Gasteiger partial charge in [-0.05, 0) is 41.6 Å². The van der Waals surface area contributed by atoms with Gasteiger partial charge in [-0.15, -0.1) is 11.3 Å². The van der Waals surface area contributed by atoms with E-state index in [1.54, 1.807) is 0 Å². The molecule has 1 saturated heterocycles. The number of rotatable bonds is 1. The van der Waals surface area contributed by atoms with Crippen LogP contribution >= 0.6 is 22.9 Å². The van der Waals surface area contributed by atoms with Crippen LogP contribution < -0.4 is 5.32 Å². The monoisotopic (exact) mass is 332 g/mol. The summed E-state index contributed by atoms with van der Waals surface area (Å²) in [6.45, 7) is 2.82. The van der Waals surface area contributed by atoms with Crippen molar-refractivity contribution in [3.05, 3.63) is 45.1 Å². The van der Waals surface area contributed by atoms with Crippen molar-refractivity contribution in [1.29, 1.82) is 0 Å². The number of benzene rings is 1. The van der Waals surface area contributed by atoms with Crippen molar-refractivity contribution in [2.24, 2.45) is 5.92 Å². The molecular weight excluding hydrogens is 316 g/mol. The molecule has 0 radical (unpaired) electrons. The van der Waals surface area contributed by atoms with Gasteiger partial charge in [-0.25, -0.2) is 0 Å². The first-order chi connectivity index (χ1) is 10.6. The minimum Gasteiger partial charge on any atom is -0.352 e. The van der Waals surface area contributed by atoms with E-state index in [1.165, 1.54) is 16.9 Å². The molecule has 3 nitrogen and oxygen atoms in total. The summed E-state index contributed by atoms with van der Waals surface area (Å²) in [6.07, 6.45) is 0. The first kappa shape index (κ1) is 14.2. The number of nitrogens with one attached hydrogen (secondary N) is 1. The predicted octanol–water partition coefficient (Wildman–Crippen LogP) is 3.46. The van der Waals surface area contributed by atoms with Gasteiger partial charge in [0.15, 0.2) is 0 Å². The summed E-state index contributed by atoms with van der Waals surface area (Å²) in [5, 5.41) is 5.06. The molecule has 22 heavy (non-hydrogen) atoms. The van der Waals surface area contributed by atoms with E-state index in [0.29, 0.717) is 11.8 Å². The standard InChI is InChI=1S/C17H17ClN2OS/c1-20-8-11-7-19-17(21)14-6-10(12-4-5-22-16(12)18)2-3-13(14)15(11)9-20/h2-6,11,15H,7-9H2,1H3,(H,19,21). The van der Waals surface area contributed by atoms with Gasteiger partial charge < -0.3 is 10.2 Å². The van der Waals surface area contributed by atoms with E-state index in [0.717, 1.165) is 40.7 Å². The number of amides is 1. The molecule has 2 unspecified atom stereocenters. The van der Waals surface area contributed by atoms with Crippen LogP contribution in [-0.4, -0.2) is 37.5 Å². The number of likely N-dealkylation sites (N-methyl/N-ethyl adjacent to an activating group) is 1. The van der Waals surface area contributed by atoms with Crippen LogP contribution in [0.3, 0.4) is 0 Å². The normalized spacial score (nSPS) is 24.5. The van der Waals surface area contributed by atoms with Crippen molar-refractivity contribution >= 4 is 28.8 Å². The molecule has 0 saturated carbocycles. The average Bonchev–Trinajstić information content (AvgIpc) is 3.07. The van der Waals surface area contributed by atoms with Gasteiger partial charge in [0, 0.05) is 36.7 Å². The fourth-order valence-corrected chi connectivity index (χ4v) is 4.67. The summed E-state index contributed by atoms with van der Waals surface area (Å²) in [5.74, 6) is 0.983. The zero-order valence-electron chi connectivity index (χ0n) is 12.3. The van der Waals surface area contributed by atoms with Gasteiger partial charge in [-0.1, -0.05) is 23.7 Å². The number of nitrogens with zero attached hydrogens (tertiary/aromatic N) is 1. The highest BCUT2D eigenvalue weighted by molar-refractivity contribution is 7.15. The van der Waals surface area contributed by atoms with E-state index in [-0.39, 0.29) is 5.91 Å². The molecule has 0 aliphatic carbocycles. The van der Waals surface area contributed by atoms with E-state index in [9.17, 15) is 4.79 Å². The lowest BCUT2D eigenvalue weighted by Gasteiger charge is -2.16. The molecule has 3 heterocycles. The number of carbonyl (C=O) groups is 1. The van der Waals surface area contributed by atoms with E-state index in [4.69, 9.17) is 11.6 Å². The largest absolute Gasteiger partial charge is 0.352 e. The molecule has 2 aliphatic heterocycles. The van der Waals surface area contributed by atoms with Gasteiger partial charge in [0.2, 0.25) is 0 Å². The second-order valence-electron chi connectivity index (χ2n) is 6.21. The Morgan fingerprint density at radius 1 is 1.27 bits per heavy atom. The Labute approximate surface area is 138 Å². The topological polar surface area (TPSA) is 32.3 Å². The molecule has 1 aromatic carbocycles. The molecule has 2 aliphatic rings. The van der Waals surface area contributed by atoms with Crippen LogP contribution in [0.4, 0.5) is 0 Å². The molecule has 4 rings (SSSR count). The maximum atomic E-state index is 12.5. The highest BCUT2D eigenvalue weighted by atomic mass is 35.5. The molecule has 1 amide bonds. The van der Waals surface area contributed by atoms with Gasteiger partial charge in [-0.3, -0.25) is 4.79 Å². The second kappa shape index (κ2) is 5.37. The summed E-state index contributed by atoms with van der Waals surface area (Å²) in [4.78, 5) is 14.8. The van der Waals surface area contributed by atoms with Gasteiger partial charge in [0.25, 0.3) is 5.91 Å². The lowest BCUT2D eigenvalue weighted by molar-refractivity contribution is 0.0951. The van der Waals surface area contributed by atoms with E-state index >= 15 is 0 Å². The summed E-state index contributed by atoms with van der Waals surface area (Å²) < 4.78 is 0.771. The minimum atomic E-state index is 0.0419. The van der Waals surface area contributed by atoms with E-state index < -0.39 is 0 Å². The van der Waals surface area contributed by atoms with Crippen molar-refractivity contribution < 1.29 is 4.79 Å². The van der Waals surface area contributed by atoms with Crippen molar-refractivity contribution in [3.63, 3.8) is 0 Å². The van der Waals surface area contributed by atoms with Crippen molar-refractivity contribution in [2.75, 3.05) is 26.7 Å². The molecule has 0 bridgehead atoms. The third kappa shape index (κ3) is 2.26. The van der Waals surface area contributed by atoms with Gasteiger partial charge in [0.1, 0.15) is 4.34 Å². The Bertz CT molecular complexity index is 742. The van der Waals surface area contributed by atoms with Crippen LogP contribution in [-0.2, 0) is 0 Å². The fourth-order valence-electron chi connectivity index (χ4n) is 3.71. The molecular formula is C17H17ClN2OS. The van der Waals surface area contributed by atoms with Crippen molar-refractivity contribution in [1.82, 2.24) is 10.2 Å².